The molecule has 3 nitrogen and oxygen atoms in total. The number of halogens is 1. The van der Waals surface area contributed by atoms with Gasteiger partial charge in [0, 0.05) is 11.4 Å². The second-order valence-electron chi connectivity index (χ2n) is 5.53. The average Bonchev–Trinajstić information content (AvgIpc) is 2.86. The molecule has 0 aliphatic heterocycles. The summed E-state index contributed by atoms with van der Waals surface area (Å²) in [4.78, 5) is 0. The SMILES string of the molecule is CC(C)n1c(COc2ccccc2O)cc2c(F)cccc21. The number of phenolic OH excluding ortho intramolecular Hbond substituents is 1. The predicted molar refractivity (Wildman–Crippen MR) is 84.7 cm³/mol. The lowest BCUT2D eigenvalue weighted by Gasteiger charge is -2.15. The van der Waals surface area contributed by atoms with Gasteiger partial charge in [-0.1, -0.05) is 18.2 Å². The van der Waals surface area contributed by atoms with Crippen LogP contribution in [0.4, 0.5) is 4.39 Å². The molecular formula is C18H18FNO2. The van der Waals surface area contributed by atoms with Crippen LogP contribution in [0, 0.1) is 5.82 Å². The predicted octanol–water partition coefficient (Wildman–Crippen LogP) is 4.65. The highest BCUT2D eigenvalue weighted by Crippen LogP contribution is 2.29. The third-order valence-corrected chi connectivity index (χ3v) is 3.67. The van der Waals surface area contributed by atoms with Crippen molar-refractivity contribution >= 4 is 10.9 Å². The Bertz CT molecular complexity index is 808. The Morgan fingerprint density at radius 2 is 1.91 bits per heavy atom. The number of benzene rings is 2. The zero-order valence-corrected chi connectivity index (χ0v) is 12.6. The van der Waals surface area contributed by atoms with E-state index in [1.165, 1.54) is 6.07 Å². The second kappa shape index (κ2) is 5.72. The van der Waals surface area contributed by atoms with Gasteiger partial charge in [0.2, 0.25) is 0 Å². The molecule has 0 amide bonds. The van der Waals surface area contributed by atoms with E-state index in [1.54, 1.807) is 30.3 Å². The summed E-state index contributed by atoms with van der Waals surface area (Å²) in [6.45, 7) is 4.37. The molecule has 0 saturated heterocycles. The quantitative estimate of drug-likeness (QED) is 0.761. The maximum atomic E-state index is 14.0. The second-order valence-corrected chi connectivity index (χ2v) is 5.53. The minimum Gasteiger partial charge on any atom is -0.504 e. The van der Waals surface area contributed by atoms with E-state index in [-0.39, 0.29) is 24.2 Å². The first-order valence-electron chi connectivity index (χ1n) is 7.27. The van der Waals surface area contributed by atoms with E-state index in [4.69, 9.17) is 4.74 Å². The molecule has 0 atom stereocenters. The number of nitrogens with zero attached hydrogens (tertiary/aromatic N) is 1. The van der Waals surface area contributed by atoms with E-state index in [2.05, 4.69) is 4.57 Å². The maximum Gasteiger partial charge on any atom is 0.161 e. The molecule has 0 saturated carbocycles. The van der Waals surface area contributed by atoms with Gasteiger partial charge in [0.05, 0.1) is 11.2 Å². The van der Waals surface area contributed by atoms with Gasteiger partial charge in [-0.25, -0.2) is 4.39 Å². The molecular weight excluding hydrogens is 281 g/mol. The Labute approximate surface area is 128 Å². The van der Waals surface area contributed by atoms with Crippen LogP contribution < -0.4 is 4.74 Å². The Hall–Kier alpha value is -2.49. The van der Waals surface area contributed by atoms with Crippen molar-refractivity contribution in [2.75, 3.05) is 0 Å². The molecule has 0 radical (unpaired) electrons. The lowest BCUT2D eigenvalue weighted by molar-refractivity contribution is 0.278. The highest BCUT2D eigenvalue weighted by Gasteiger charge is 2.14. The first-order valence-corrected chi connectivity index (χ1v) is 7.27. The fourth-order valence-electron chi connectivity index (χ4n) is 2.72. The van der Waals surface area contributed by atoms with Gasteiger partial charge < -0.3 is 14.4 Å². The monoisotopic (exact) mass is 299 g/mol. The molecule has 0 bridgehead atoms. The summed E-state index contributed by atoms with van der Waals surface area (Å²) in [6.07, 6.45) is 0. The van der Waals surface area contributed by atoms with Crippen molar-refractivity contribution in [1.82, 2.24) is 4.57 Å². The van der Waals surface area contributed by atoms with E-state index < -0.39 is 0 Å². The molecule has 3 rings (SSSR count). The molecule has 1 aromatic heterocycles. The van der Waals surface area contributed by atoms with Gasteiger partial charge in [-0.15, -0.1) is 0 Å². The number of aromatic hydroxyl groups is 1. The van der Waals surface area contributed by atoms with Crippen molar-refractivity contribution in [2.45, 2.75) is 26.5 Å². The van der Waals surface area contributed by atoms with Crippen LogP contribution >= 0.6 is 0 Å². The number of aromatic nitrogens is 1. The lowest BCUT2D eigenvalue weighted by Crippen LogP contribution is -2.08. The van der Waals surface area contributed by atoms with E-state index in [9.17, 15) is 9.50 Å². The van der Waals surface area contributed by atoms with Crippen LogP contribution in [-0.2, 0) is 6.61 Å². The van der Waals surface area contributed by atoms with Gasteiger partial charge >= 0.3 is 0 Å². The van der Waals surface area contributed by atoms with Crippen LogP contribution in [0.15, 0.2) is 48.5 Å². The zero-order valence-electron chi connectivity index (χ0n) is 12.6. The van der Waals surface area contributed by atoms with Gasteiger partial charge in [0.25, 0.3) is 0 Å². The van der Waals surface area contributed by atoms with Gasteiger partial charge in [-0.05, 0) is 44.2 Å². The highest BCUT2D eigenvalue weighted by molar-refractivity contribution is 5.82. The largest absolute Gasteiger partial charge is 0.504 e. The third-order valence-electron chi connectivity index (χ3n) is 3.67. The molecule has 4 heteroatoms. The van der Waals surface area contributed by atoms with Crippen LogP contribution in [0.25, 0.3) is 10.9 Å². The molecule has 114 valence electrons. The third kappa shape index (κ3) is 2.52. The molecule has 1 N–H and O–H groups in total. The standard InChI is InChI=1S/C18H18FNO2/c1-12(2)20-13(10-14-15(19)6-5-7-16(14)20)11-22-18-9-4-3-8-17(18)21/h3-10,12,21H,11H2,1-2H3. The average molecular weight is 299 g/mol. The summed E-state index contributed by atoms with van der Waals surface area (Å²) < 4.78 is 21.7. The van der Waals surface area contributed by atoms with E-state index in [0.717, 1.165) is 11.2 Å². The molecule has 0 fully saturated rings. The van der Waals surface area contributed by atoms with Crippen molar-refractivity contribution < 1.29 is 14.2 Å². The van der Waals surface area contributed by atoms with Gasteiger partial charge in [-0.3, -0.25) is 0 Å². The molecule has 1 heterocycles. The summed E-state index contributed by atoms with van der Waals surface area (Å²) in [6, 6.07) is 13.9. The number of hydrogen-bond acceptors (Lipinski definition) is 2. The summed E-state index contributed by atoms with van der Waals surface area (Å²) in [5.74, 6) is 0.283. The molecule has 22 heavy (non-hydrogen) atoms. The first-order chi connectivity index (χ1) is 10.6. The van der Waals surface area contributed by atoms with E-state index in [0.29, 0.717) is 11.1 Å². The smallest absolute Gasteiger partial charge is 0.161 e. The number of ether oxygens (including phenoxy) is 1. The fraction of sp³-hybridized carbons (Fsp3) is 0.222. The van der Waals surface area contributed by atoms with Crippen LogP contribution in [-0.4, -0.2) is 9.67 Å². The normalized spacial score (nSPS) is 11.3. The summed E-state index contributed by atoms with van der Waals surface area (Å²) >= 11 is 0. The summed E-state index contributed by atoms with van der Waals surface area (Å²) in [7, 11) is 0. The van der Waals surface area contributed by atoms with Crippen molar-refractivity contribution in [3.8, 4) is 11.5 Å². The zero-order chi connectivity index (χ0) is 15.7. The summed E-state index contributed by atoms with van der Waals surface area (Å²) in [5, 5.41) is 10.3. The van der Waals surface area contributed by atoms with Crippen LogP contribution in [0.3, 0.4) is 0 Å². The Morgan fingerprint density at radius 3 is 2.64 bits per heavy atom. The Morgan fingerprint density at radius 1 is 1.14 bits per heavy atom. The van der Waals surface area contributed by atoms with Gasteiger partial charge in [0.15, 0.2) is 11.5 Å². The van der Waals surface area contributed by atoms with Crippen LogP contribution in [0.2, 0.25) is 0 Å². The Balaban J connectivity index is 1.98. The Kier molecular flexibility index (Phi) is 3.75. The topological polar surface area (TPSA) is 34.4 Å². The molecule has 0 spiro atoms. The first kappa shape index (κ1) is 14.4. The van der Waals surface area contributed by atoms with Crippen molar-refractivity contribution in [3.05, 3.63) is 60.0 Å². The molecule has 0 aliphatic rings. The fourth-order valence-corrected chi connectivity index (χ4v) is 2.72. The number of phenols is 1. The number of rotatable bonds is 4. The molecule has 2 aromatic carbocycles. The highest BCUT2D eigenvalue weighted by atomic mass is 19.1. The number of para-hydroxylation sites is 2. The molecule has 3 aromatic rings. The minimum atomic E-state index is -0.235. The van der Waals surface area contributed by atoms with Gasteiger partial charge in [-0.2, -0.15) is 0 Å². The summed E-state index contributed by atoms with van der Waals surface area (Å²) in [5.41, 5.74) is 1.73. The molecule has 0 unspecified atom stereocenters. The maximum absolute atomic E-state index is 14.0. The van der Waals surface area contributed by atoms with E-state index >= 15 is 0 Å². The minimum absolute atomic E-state index is 0.0980. The molecule has 0 aliphatic carbocycles. The number of fused-ring (bicyclic) bond motifs is 1. The number of hydrogen-bond donors (Lipinski definition) is 1. The van der Waals surface area contributed by atoms with Crippen molar-refractivity contribution in [2.24, 2.45) is 0 Å². The lowest BCUT2D eigenvalue weighted by atomic mass is 10.2. The van der Waals surface area contributed by atoms with E-state index in [1.807, 2.05) is 26.0 Å². The van der Waals surface area contributed by atoms with Crippen molar-refractivity contribution in [3.63, 3.8) is 0 Å². The van der Waals surface area contributed by atoms with Gasteiger partial charge in [0.1, 0.15) is 12.4 Å². The van der Waals surface area contributed by atoms with Crippen molar-refractivity contribution in [1.29, 1.82) is 0 Å². The van der Waals surface area contributed by atoms with Crippen LogP contribution in [0.1, 0.15) is 25.6 Å². The van der Waals surface area contributed by atoms with Crippen LogP contribution in [0.5, 0.6) is 11.5 Å².